The fourth-order valence-corrected chi connectivity index (χ4v) is 2.40. The molecule has 0 aliphatic heterocycles. The van der Waals surface area contributed by atoms with Gasteiger partial charge >= 0.3 is 5.97 Å². The Morgan fingerprint density at radius 2 is 2.05 bits per heavy atom. The molecule has 1 aliphatic rings. The zero-order valence-electron chi connectivity index (χ0n) is 11.5. The smallest absolute Gasteiger partial charge is 0.339 e. The number of aromatic carboxylic acids is 1. The van der Waals surface area contributed by atoms with E-state index >= 15 is 0 Å². The van der Waals surface area contributed by atoms with E-state index in [0.717, 1.165) is 12.8 Å². The number of carboxylic acid groups (broad SMARTS) is 1. The summed E-state index contributed by atoms with van der Waals surface area (Å²) in [5.74, 6) is -0.990. The second kappa shape index (κ2) is 5.03. The van der Waals surface area contributed by atoms with Crippen molar-refractivity contribution in [2.45, 2.75) is 46.2 Å². The lowest BCUT2D eigenvalue weighted by molar-refractivity contribution is -0.132. The molecule has 1 aliphatic carbocycles. The van der Waals surface area contributed by atoms with Crippen LogP contribution in [0.4, 0.5) is 0 Å². The first-order chi connectivity index (χ1) is 8.95. The molecule has 19 heavy (non-hydrogen) atoms. The molecule has 0 saturated heterocycles. The molecule has 0 aromatic carbocycles. The topological polar surface area (TPSA) is 75.4 Å². The number of likely N-dealkylation sites (N-methyl/N-ethyl adjacent to an activating group) is 1. The van der Waals surface area contributed by atoms with Crippen LogP contribution in [-0.2, 0) is 11.3 Å². The highest BCUT2D eigenvalue weighted by molar-refractivity contribution is 5.90. The summed E-state index contributed by atoms with van der Waals surface area (Å²) in [4.78, 5) is 25.1. The van der Waals surface area contributed by atoms with Crippen molar-refractivity contribution in [2.75, 3.05) is 6.54 Å². The Hall–Kier alpha value is -1.85. The summed E-state index contributed by atoms with van der Waals surface area (Å²) in [6.07, 6.45) is 2.13. The van der Waals surface area contributed by atoms with Gasteiger partial charge in [0.1, 0.15) is 12.1 Å². The predicted octanol–water partition coefficient (Wildman–Crippen LogP) is 1.21. The largest absolute Gasteiger partial charge is 0.478 e. The Morgan fingerprint density at radius 3 is 2.47 bits per heavy atom. The van der Waals surface area contributed by atoms with Crippen LogP contribution in [0.25, 0.3) is 0 Å². The number of carboxylic acids is 1. The monoisotopic (exact) mass is 265 g/mol. The molecule has 1 aromatic heterocycles. The van der Waals surface area contributed by atoms with Crippen LogP contribution in [0.15, 0.2) is 0 Å². The average Bonchev–Trinajstić information content (AvgIpc) is 3.08. The molecule has 0 bridgehead atoms. The van der Waals surface area contributed by atoms with E-state index in [0.29, 0.717) is 24.0 Å². The minimum absolute atomic E-state index is 0.00698. The molecule has 1 N–H and O–H groups in total. The van der Waals surface area contributed by atoms with Crippen molar-refractivity contribution in [3.8, 4) is 0 Å². The van der Waals surface area contributed by atoms with E-state index in [2.05, 4.69) is 5.10 Å². The lowest BCUT2D eigenvalue weighted by atomic mass is 10.2. The van der Waals surface area contributed by atoms with E-state index in [1.54, 1.807) is 13.8 Å². The van der Waals surface area contributed by atoms with E-state index in [4.69, 9.17) is 5.11 Å². The van der Waals surface area contributed by atoms with Crippen molar-refractivity contribution in [3.05, 3.63) is 17.0 Å². The van der Waals surface area contributed by atoms with Crippen LogP contribution in [-0.4, -0.2) is 44.3 Å². The van der Waals surface area contributed by atoms with Gasteiger partial charge in [-0.05, 0) is 33.6 Å². The molecule has 2 rings (SSSR count). The highest BCUT2D eigenvalue weighted by atomic mass is 16.4. The van der Waals surface area contributed by atoms with Crippen molar-refractivity contribution in [1.29, 1.82) is 0 Å². The number of aromatic nitrogens is 2. The van der Waals surface area contributed by atoms with Gasteiger partial charge in [0.05, 0.1) is 11.4 Å². The molecule has 1 heterocycles. The van der Waals surface area contributed by atoms with Gasteiger partial charge in [-0.2, -0.15) is 5.10 Å². The summed E-state index contributed by atoms with van der Waals surface area (Å²) < 4.78 is 1.49. The number of aryl methyl sites for hydroxylation is 1. The van der Waals surface area contributed by atoms with E-state index < -0.39 is 5.97 Å². The highest BCUT2D eigenvalue weighted by Crippen LogP contribution is 2.26. The first-order valence-corrected chi connectivity index (χ1v) is 6.52. The quantitative estimate of drug-likeness (QED) is 0.868. The third-order valence-electron chi connectivity index (χ3n) is 3.53. The van der Waals surface area contributed by atoms with Crippen LogP contribution < -0.4 is 0 Å². The first-order valence-electron chi connectivity index (χ1n) is 6.52. The van der Waals surface area contributed by atoms with Crippen molar-refractivity contribution in [2.24, 2.45) is 0 Å². The predicted molar refractivity (Wildman–Crippen MR) is 69.1 cm³/mol. The molecule has 0 atom stereocenters. The fraction of sp³-hybridized carbons (Fsp3) is 0.615. The van der Waals surface area contributed by atoms with Gasteiger partial charge in [0.15, 0.2) is 0 Å². The second-order valence-electron chi connectivity index (χ2n) is 4.92. The molecule has 6 heteroatoms. The maximum Gasteiger partial charge on any atom is 0.339 e. The van der Waals surface area contributed by atoms with Crippen molar-refractivity contribution in [1.82, 2.24) is 14.7 Å². The van der Waals surface area contributed by atoms with Gasteiger partial charge in [-0.15, -0.1) is 0 Å². The van der Waals surface area contributed by atoms with Gasteiger partial charge in [0.2, 0.25) is 5.91 Å². The molecule has 104 valence electrons. The van der Waals surface area contributed by atoms with Crippen molar-refractivity contribution < 1.29 is 14.7 Å². The Balaban J connectivity index is 2.17. The summed E-state index contributed by atoms with van der Waals surface area (Å²) in [5, 5.41) is 13.3. The summed E-state index contributed by atoms with van der Waals surface area (Å²) in [5.41, 5.74) is 1.18. The number of carbonyl (C=O) groups excluding carboxylic acids is 1. The highest BCUT2D eigenvalue weighted by Gasteiger charge is 2.31. The van der Waals surface area contributed by atoms with Crippen molar-refractivity contribution >= 4 is 11.9 Å². The van der Waals surface area contributed by atoms with Gasteiger partial charge in [0.25, 0.3) is 0 Å². The van der Waals surface area contributed by atoms with Crippen LogP contribution in [0.2, 0.25) is 0 Å². The Morgan fingerprint density at radius 1 is 1.42 bits per heavy atom. The second-order valence-corrected chi connectivity index (χ2v) is 4.92. The molecular formula is C13H19N3O3. The molecule has 1 aromatic rings. The van der Waals surface area contributed by atoms with Crippen LogP contribution in [0, 0.1) is 13.8 Å². The van der Waals surface area contributed by atoms with Crippen LogP contribution in [0.1, 0.15) is 41.5 Å². The number of hydrogen-bond acceptors (Lipinski definition) is 3. The average molecular weight is 265 g/mol. The SMILES string of the molecule is CCN(C(=O)Cn1nc(C)c(C(=O)O)c1C)C1CC1. The molecule has 1 fully saturated rings. The number of amides is 1. The lowest BCUT2D eigenvalue weighted by Crippen LogP contribution is -2.36. The Labute approximate surface area is 112 Å². The van der Waals surface area contributed by atoms with Crippen LogP contribution in [0.3, 0.4) is 0 Å². The maximum atomic E-state index is 12.2. The molecular weight excluding hydrogens is 246 g/mol. The molecule has 1 amide bonds. The normalized spacial score (nSPS) is 14.5. The van der Waals surface area contributed by atoms with Gasteiger partial charge in [-0.1, -0.05) is 0 Å². The number of hydrogen-bond donors (Lipinski definition) is 1. The van der Waals surface area contributed by atoms with E-state index in [1.165, 1.54) is 4.68 Å². The minimum atomic E-state index is -0.997. The first kappa shape index (κ1) is 13.6. The Bertz CT molecular complexity index is 517. The van der Waals surface area contributed by atoms with Crippen LogP contribution in [0.5, 0.6) is 0 Å². The van der Waals surface area contributed by atoms with E-state index in [-0.39, 0.29) is 18.0 Å². The van der Waals surface area contributed by atoms with Gasteiger partial charge in [0, 0.05) is 12.6 Å². The zero-order chi connectivity index (χ0) is 14.2. The molecule has 0 radical (unpaired) electrons. The summed E-state index contributed by atoms with van der Waals surface area (Å²) in [6.45, 7) is 6.10. The van der Waals surface area contributed by atoms with E-state index in [9.17, 15) is 9.59 Å². The molecule has 0 unspecified atom stereocenters. The summed E-state index contributed by atoms with van der Waals surface area (Å²) in [7, 11) is 0. The molecule has 6 nitrogen and oxygen atoms in total. The third kappa shape index (κ3) is 2.62. The number of rotatable bonds is 5. The lowest BCUT2D eigenvalue weighted by Gasteiger charge is -2.20. The molecule has 1 saturated carbocycles. The summed E-state index contributed by atoms with van der Waals surface area (Å²) >= 11 is 0. The minimum Gasteiger partial charge on any atom is -0.478 e. The van der Waals surface area contributed by atoms with Gasteiger partial charge in [-0.25, -0.2) is 4.79 Å². The maximum absolute atomic E-state index is 12.2. The van der Waals surface area contributed by atoms with E-state index in [1.807, 2.05) is 11.8 Å². The fourth-order valence-electron chi connectivity index (χ4n) is 2.40. The third-order valence-corrected chi connectivity index (χ3v) is 3.53. The van der Waals surface area contributed by atoms with Gasteiger partial charge in [-0.3, -0.25) is 9.48 Å². The standard InChI is InChI=1S/C13H19N3O3/c1-4-15(10-5-6-10)11(17)7-16-9(3)12(13(18)19)8(2)14-16/h10H,4-7H2,1-3H3,(H,18,19). The Kier molecular flexibility index (Phi) is 3.59. The number of nitrogens with zero attached hydrogens (tertiary/aromatic N) is 3. The number of carbonyl (C=O) groups is 2. The summed E-state index contributed by atoms with van der Waals surface area (Å²) in [6, 6.07) is 0.369. The molecule has 0 spiro atoms. The van der Waals surface area contributed by atoms with Crippen LogP contribution >= 0.6 is 0 Å². The van der Waals surface area contributed by atoms with Crippen molar-refractivity contribution in [3.63, 3.8) is 0 Å². The zero-order valence-corrected chi connectivity index (χ0v) is 11.5. The van der Waals surface area contributed by atoms with Gasteiger partial charge < -0.3 is 10.0 Å².